The molecular formula is C33H60N4OS2. The molecule has 7 heteroatoms. The van der Waals surface area contributed by atoms with Crippen molar-refractivity contribution in [2.45, 2.75) is 149 Å². The standard InChI is InChI=1S/C33H60N4OS2/c1-9-11-13-15-17-19-21-39-29-25-30(40-22-20-18-16-14-12-10-2)36-37(35-29)34-26-23-27(32(3,4)5)31(38)28(24-26)33(6,7)8/h23-25,29,34-36,38H,9-22H2,1-8H3. The van der Waals surface area contributed by atoms with Crippen LogP contribution in [0.4, 0.5) is 5.69 Å². The van der Waals surface area contributed by atoms with Gasteiger partial charge in [-0.1, -0.05) is 125 Å². The third-order valence-electron chi connectivity index (χ3n) is 7.30. The number of phenolic OH excluding ortho intramolecular Hbond substituents is 1. The lowest BCUT2D eigenvalue weighted by Crippen LogP contribution is -2.56. The number of unbranched alkanes of at least 4 members (excludes halogenated alkanes) is 10. The molecule has 4 N–H and O–H groups in total. The third-order valence-corrected chi connectivity index (χ3v) is 9.45. The van der Waals surface area contributed by atoms with Gasteiger partial charge < -0.3 is 5.11 Å². The number of hydrogen-bond acceptors (Lipinski definition) is 7. The summed E-state index contributed by atoms with van der Waals surface area (Å²) in [6, 6.07) is 4.18. The lowest BCUT2D eigenvalue weighted by atomic mass is 9.79. The van der Waals surface area contributed by atoms with Crippen LogP contribution in [0.5, 0.6) is 5.75 Å². The first-order valence-electron chi connectivity index (χ1n) is 15.9. The summed E-state index contributed by atoms with van der Waals surface area (Å²) in [5, 5.41) is 14.5. The number of phenols is 1. The summed E-state index contributed by atoms with van der Waals surface area (Å²) in [6.45, 7) is 17.5. The molecule has 1 heterocycles. The van der Waals surface area contributed by atoms with Gasteiger partial charge in [0.1, 0.15) is 5.75 Å². The molecule has 0 bridgehead atoms. The average molecular weight is 593 g/mol. The van der Waals surface area contributed by atoms with Gasteiger partial charge >= 0.3 is 0 Å². The molecule has 0 saturated heterocycles. The molecule has 0 amide bonds. The highest BCUT2D eigenvalue weighted by molar-refractivity contribution is 8.03. The van der Waals surface area contributed by atoms with Gasteiger partial charge in [-0.05, 0) is 53.4 Å². The zero-order valence-electron chi connectivity index (χ0n) is 26.9. The van der Waals surface area contributed by atoms with Crippen LogP contribution in [0, 0.1) is 0 Å². The number of aromatic hydroxyl groups is 1. The fourth-order valence-corrected chi connectivity index (χ4v) is 6.92. The molecule has 2 rings (SSSR count). The van der Waals surface area contributed by atoms with Crippen LogP contribution >= 0.6 is 23.5 Å². The molecule has 1 aromatic carbocycles. The Morgan fingerprint density at radius 3 is 1.80 bits per heavy atom. The van der Waals surface area contributed by atoms with Crippen LogP contribution in [-0.4, -0.2) is 27.2 Å². The highest BCUT2D eigenvalue weighted by Crippen LogP contribution is 2.41. The van der Waals surface area contributed by atoms with E-state index in [4.69, 9.17) is 0 Å². The van der Waals surface area contributed by atoms with Gasteiger partial charge in [-0.2, -0.15) is 0 Å². The van der Waals surface area contributed by atoms with Gasteiger partial charge in [0.05, 0.1) is 16.1 Å². The first-order chi connectivity index (χ1) is 19.0. The van der Waals surface area contributed by atoms with Crippen molar-refractivity contribution in [2.75, 3.05) is 16.9 Å². The van der Waals surface area contributed by atoms with E-state index in [1.165, 1.54) is 82.1 Å². The molecule has 230 valence electrons. The molecule has 0 radical (unpaired) electrons. The summed E-state index contributed by atoms with van der Waals surface area (Å²) >= 11 is 3.91. The predicted molar refractivity (Wildman–Crippen MR) is 181 cm³/mol. The van der Waals surface area contributed by atoms with Crippen molar-refractivity contribution in [1.29, 1.82) is 0 Å². The van der Waals surface area contributed by atoms with Crippen molar-refractivity contribution in [3.05, 3.63) is 34.4 Å². The van der Waals surface area contributed by atoms with Gasteiger partial charge in [-0.15, -0.1) is 23.5 Å². The second-order valence-electron chi connectivity index (χ2n) is 13.3. The maximum atomic E-state index is 11.2. The molecule has 1 aliphatic heterocycles. The number of nitrogens with one attached hydrogen (secondary N) is 3. The minimum atomic E-state index is -0.169. The molecule has 1 aromatic rings. The van der Waals surface area contributed by atoms with Crippen molar-refractivity contribution in [3.8, 4) is 5.75 Å². The number of hydrogen-bond donors (Lipinski definition) is 4. The van der Waals surface area contributed by atoms with Crippen LogP contribution in [0.15, 0.2) is 23.2 Å². The molecule has 0 fully saturated rings. The normalized spacial score (nSPS) is 16.6. The SMILES string of the molecule is CCCCCCCCSC1=CC(SCCCCCCCC)NN(Nc2cc(C(C)(C)C)c(O)c(C(C)(C)C)c2)N1. The van der Waals surface area contributed by atoms with Gasteiger partial charge in [-0.3, -0.25) is 10.9 Å². The zero-order chi connectivity index (χ0) is 29.6. The first-order valence-corrected chi connectivity index (χ1v) is 17.9. The van der Waals surface area contributed by atoms with Crippen molar-refractivity contribution in [3.63, 3.8) is 0 Å². The number of rotatable bonds is 18. The number of thioether (sulfide) groups is 2. The monoisotopic (exact) mass is 592 g/mol. The number of benzene rings is 1. The molecule has 1 aliphatic rings. The van der Waals surface area contributed by atoms with Gasteiger partial charge in [0.15, 0.2) is 0 Å². The van der Waals surface area contributed by atoms with Crippen LogP contribution in [0.1, 0.15) is 144 Å². The topological polar surface area (TPSA) is 59.6 Å². The predicted octanol–water partition coefficient (Wildman–Crippen LogP) is 9.99. The van der Waals surface area contributed by atoms with E-state index in [1.807, 2.05) is 28.8 Å². The smallest absolute Gasteiger partial charge is 0.123 e. The van der Waals surface area contributed by atoms with Crippen LogP contribution in [0.25, 0.3) is 0 Å². The maximum Gasteiger partial charge on any atom is 0.123 e. The Kier molecular flexibility index (Phi) is 15.7. The van der Waals surface area contributed by atoms with Crippen molar-refractivity contribution in [1.82, 2.24) is 16.1 Å². The van der Waals surface area contributed by atoms with E-state index in [1.54, 1.807) is 0 Å². The Labute approximate surface area is 255 Å². The summed E-state index contributed by atoms with van der Waals surface area (Å²) < 4.78 is 0. The fourth-order valence-electron chi connectivity index (χ4n) is 4.84. The molecule has 0 spiro atoms. The maximum absolute atomic E-state index is 11.2. The van der Waals surface area contributed by atoms with Crippen LogP contribution in [-0.2, 0) is 10.8 Å². The second kappa shape index (κ2) is 17.8. The molecule has 40 heavy (non-hydrogen) atoms. The Bertz CT molecular complexity index is 856. The third kappa shape index (κ3) is 12.9. The van der Waals surface area contributed by atoms with E-state index >= 15 is 0 Å². The second-order valence-corrected chi connectivity index (χ2v) is 15.7. The highest BCUT2D eigenvalue weighted by atomic mass is 32.2. The lowest BCUT2D eigenvalue weighted by molar-refractivity contribution is 0.169. The van der Waals surface area contributed by atoms with Crippen LogP contribution in [0.2, 0.25) is 0 Å². The molecule has 1 unspecified atom stereocenters. The Morgan fingerprint density at radius 2 is 1.27 bits per heavy atom. The molecular weight excluding hydrogens is 533 g/mol. The van der Waals surface area contributed by atoms with Gasteiger partial charge in [0, 0.05) is 11.1 Å². The Morgan fingerprint density at radius 1 is 0.775 bits per heavy atom. The van der Waals surface area contributed by atoms with Crippen molar-refractivity contribution in [2.24, 2.45) is 0 Å². The summed E-state index contributed by atoms with van der Waals surface area (Å²) in [5.41, 5.74) is 13.3. The summed E-state index contributed by atoms with van der Waals surface area (Å²) in [4.78, 5) is 0. The quantitative estimate of drug-likeness (QED) is 0.0999. The molecule has 1 atom stereocenters. The lowest BCUT2D eigenvalue weighted by Gasteiger charge is -2.35. The van der Waals surface area contributed by atoms with E-state index in [-0.39, 0.29) is 16.2 Å². The van der Waals surface area contributed by atoms with E-state index < -0.39 is 0 Å². The Balaban J connectivity index is 2.09. The fraction of sp³-hybridized carbons (Fsp3) is 0.758. The minimum Gasteiger partial charge on any atom is -0.507 e. The van der Waals surface area contributed by atoms with E-state index in [0.29, 0.717) is 5.75 Å². The number of anilines is 1. The number of hydrazine groups is 3. The largest absolute Gasteiger partial charge is 0.507 e. The van der Waals surface area contributed by atoms with Crippen LogP contribution in [0.3, 0.4) is 0 Å². The van der Waals surface area contributed by atoms with E-state index in [2.05, 4.69) is 89.9 Å². The summed E-state index contributed by atoms with van der Waals surface area (Å²) in [7, 11) is 0. The molecule has 5 nitrogen and oxygen atoms in total. The molecule has 0 aromatic heterocycles. The zero-order valence-corrected chi connectivity index (χ0v) is 28.6. The highest BCUT2D eigenvalue weighted by Gasteiger charge is 2.28. The minimum absolute atomic E-state index is 0.169. The van der Waals surface area contributed by atoms with Crippen LogP contribution < -0.4 is 16.3 Å². The van der Waals surface area contributed by atoms with E-state index in [0.717, 1.165) is 28.3 Å². The van der Waals surface area contributed by atoms with Gasteiger partial charge in [0.25, 0.3) is 0 Å². The molecule has 0 saturated carbocycles. The summed E-state index contributed by atoms with van der Waals surface area (Å²) in [6.07, 6.45) is 18.2. The van der Waals surface area contributed by atoms with Crippen molar-refractivity contribution < 1.29 is 5.11 Å². The summed E-state index contributed by atoms with van der Waals surface area (Å²) in [5.74, 6) is 2.70. The van der Waals surface area contributed by atoms with Crippen molar-refractivity contribution >= 4 is 29.2 Å². The Hall–Kier alpha value is -1.02. The molecule has 0 aliphatic carbocycles. The average Bonchev–Trinajstić information content (AvgIpc) is 2.87. The van der Waals surface area contributed by atoms with E-state index in [9.17, 15) is 5.11 Å². The van der Waals surface area contributed by atoms with Gasteiger partial charge in [0.2, 0.25) is 0 Å². The van der Waals surface area contributed by atoms with Gasteiger partial charge in [-0.25, -0.2) is 5.43 Å². The number of nitrogens with zero attached hydrogens (tertiary/aromatic N) is 1. The first kappa shape index (κ1) is 35.2.